The third-order valence-corrected chi connectivity index (χ3v) is 3.67. The Morgan fingerprint density at radius 2 is 1.81 bits per heavy atom. The van der Waals surface area contributed by atoms with Gasteiger partial charge in [0.05, 0.1) is 26.9 Å². The van der Waals surface area contributed by atoms with Crippen LogP contribution in [0, 0.1) is 17.0 Å². The minimum Gasteiger partial charge on any atom is -0.493 e. The first-order valence-corrected chi connectivity index (χ1v) is 7.56. The van der Waals surface area contributed by atoms with E-state index in [1.54, 1.807) is 6.92 Å². The molecule has 0 amide bonds. The zero-order valence-electron chi connectivity index (χ0n) is 14.8. The molecule has 26 heavy (non-hydrogen) atoms. The standard InChI is InChI=1S/C16H19N3O7/c1-10-17-9-14(19(21)22)18(10)5-6-26-16(20)11-7-12(23-2)15(25-4)13(8-11)24-3/h7-9H,5-6H2,1-4H3. The zero-order valence-corrected chi connectivity index (χ0v) is 14.8. The lowest BCUT2D eigenvalue weighted by atomic mass is 10.2. The number of benzene rings is 1. The summed E-state index contributed by atoms with van der Waals surface area (Å²) in [5.74, 6) is 0.674. The second kappa shape index (κ2) is 8.19. The maximum absolute atomic E-state index is 12.3. The van der Waals surface area contributed by atoms with Gasteiger partial charge in [-0.2, -0.15) is 0 Å². The van der Waals surface area contributed by atoms with Crippen LogP contribution in [0.1, 0.15) is 16.2 Å². The van der Waals surface area contributed by atoms with Gasteiger partial charge in [0, 0.05) is 6.92 Å². The molecule has 10 heteroatoms. The van der Waals surface area contributed by atoms with Crippen LogP contribution in [0.5, 0.6) is 17.2 Å². The molecule has 0 fully saturated rings. The van der Waals surface area contributed by atoms with Gasteiger partial charge in [-0.1, -0.05) is 0 Å². The normalized spacial score (nSPS) is 10.3. The number of rotatable bonds is 8. The van der Waals surface area contributed by atoms with Gasteiger partial charge < -0.3 is 29.1 Å². The third-order valence-electron chi connectivity index (χ3n) is 3.67. The van der Waals surface area contributed by atoms with Crippen molar-refractivity contribution in [2.45, 2.75) is 13.5 Å². The molecule has 2 aromatic rings. The van der Waals surface area contributed by atoms with Crippen molar-refractivity contribution in [3.63, 3.8) is 0 Å². The van der Waals surface area contributed by atoms with Crippen LogP contribution in [0.25, 0.3) is 0 Å². The van der Waals surface area contributed by atoms with Gasteiger partial charge in [-0.05, 0) is 17.1 Å². The predicted octanol–water partition coefficient (Wildman–Crippen LogP) is 1.98. The monoisotopic (exact) mass is 365 g/mol. The van der Waals surface area contributed by atoms with Crippen LogP contribution < -0.4 is 14.2 Å². The number of methoxy groups -OCH3 is 3. The average molecular weight is 365 g/mol. The van der Waals surface area contributed by atoms with Gasteiger partial charge in [-0.25, -0.2) is 14.3 Å². The Morgan fingerprint density at radius 3 is 2.31 bits per heavy atom. The van der Waals surface area contributed by atoms with Gasteiger partial charge in [-0.3, -0.25) is 0 Å². The number of aryl methyl sites for hydroxylation is 1. The number of carbonyl (C=O) groups is 1. The van der Waals surface area contributed by atoms with Gasteiger partial charge >= 0.3 is 11.8 Å². The summed E-state index contributed by atoms with van der Waals surface area (Å²) in [4.78, 5) is 26.6. The van der Waals surface area contributed by atoms with Crippen molar-refractivity contribution in [3.8, 4) is 17.2 Å². The number of hydrogen-bond donors (Lipinski definition) is 0. The largest absolute Gasteiger partial charge is 0.493 e. The van der Waals surface area contributed by atoms with E-state index < -0.39 is 10.9 Å². The summed E-state index contributed by atoms with van der Waals surface area (Å²) in [5, 5.41) is 11.0. The number of carbonyl (C=O) groups excluding carboxylic acids is 1. The van der Waals surface area contributed by atoms with Crippen LogP contribution in [0.15, 0.2) is 18.3 Å². The van der Waals surface area contributed by atoms with E-state index in [0.717, 1.165) is 6.20 Å². The molecule has 140 valence electrons. The highest BCUT2D eigenvalue weighted by Crippen LogP contribution is 2.38. The Bertz CT molecular complexity index is 791. The Kier molecular flexibility index (Phi) is 5.99. The van der Waals surface area contributed by atoms with Crippen LogP contribution in [0.3, 0.4) is 0 Å². The van der Waals surface area contributed by atoms with Crippen molar-refractivity contribution in [2.75, 3.05) is 27.9 Å². The fourth-order valence-corrected chi connectivity index (χ4v) is 2.39. The van der Waals surface area contributed by atoms with Crippen molar-refractivity contribution < 1.29 is 28.7 Å². The molecule has 0 N–H and O–H groups in total. The number of nitro groups is 1. The van der Waals surface area contributed by atoms with E-state index in [1.165, 1.54) is 38.0 Å². The highest BCUT2D eigenvalue weighted by Gasteiger charge is 2.20. The van der Waals surface area contributed by atoms with Crippen LogP contribution >= 0.6 is 0 Å². The molecule has 0 saturated carbocycles. The summed E-state index contributed by atoms with van der Waals surface area (Å²) in [7, 11) is 4.33. The van der Waals surface area contributed by atoms with Crippen LogP contribution in [0.4, 0.5) is 5.82 Å². The molecular formula is C16H19N3O7. The van der Waals surface area contributed by atoms with Gasteiger partial charge in [0.2, 0.25) is 5.75 Å². The molecule has 2 rings (SSSR count). The maximum atomic E-state index is 12.3. The molecule has 10 nitrogen and oxygen atoms in total. The number of ether oxygens (including phenoxy) is 4. The number of esters is 1. The number of imidazole rings is 1. The first kappa shape index (κ1) is 19.0. The first-order valence-electron chi connectivity index (χ1n) is 7.56. The van der Waals surface area contributed by atoms with Crippen molar-refractivity contribution in [3.05, 3.63) is 39.8 Å². The Balaban J connectivity index is 2.11. The van der Waals surface area contributed by atoms with Gasteiger partial charge in [-0.15, -0.1) is 0 Å². The van der Waals surface area contributed by atoms with E-state index >= 15 is 0 Å². The van der Waals surface area contributed by atoms with Gasteiger partial charge in [0.25, 0.3) is 0 Å². The van der Waals surface area contributed by atoms with Crippen LogP contribution in [-0.2, 0) is 11.3 Å². The van der Waals surface area contributed by atoms with E-state index in [1.807, 2.05) is 0 Å². The Morgan fingerprint density at radius 1 is 1.19 bits per heavy atom. The second-order valence-electron chi connectivity index (χ2n) is 5.12. The van der Waals surface area contributed by atoms with E-state index in [4.69, 9.17) is 18.9 Å². The fraction of sp³-hybridized carbons (Fsp3) is 0.375. The smallest absolute Gasteiger partial charge is 0.342 e. The average Bonchev–Trinajstić information content (AvgIpc) is 3.01. The highest BCUT2D eigenvalue weighted by atomic mass is 16.6. The number of nitrogens with zero attached hydrogens (tertiary/aromatic N) is 3. The maximum Gasteiger partial charge on any atom is 0.342 e. The topological polar surface area (TPSA) is 115 Å². The minimum atomic E-state index is -0.621. The lowest BCUT2D eigenvalue weighted by Crippen LogP contribution is -2.14. The number of hydrogen-bond acceptors (Lipinski definition) is 8. The van der Waals surface area contributed by atoms with Crippen molar-refractivity contribution in [2.24, 2.45) is 0 Å². The molecule has 0 atom stereocenters. The summed E-state index contributed by atoms with van der Waals surface area (Å²) in [6, 6.07) is 2.93. The summed E-state index contributed by atoms with van der Waals surface area (Å²) in [5.41, 5.74) is 0.205. The van der Waals surface area contributed by atoms with E-state index in [0.29, 0.717) is 23.1 Å². The molecular weight excluding hydrogens is 346 g/mol. The Hall–Kier alpha value is -3.30. The SMILES string of the molecule is COc1cc(C(=O)OCCn2c([N+](=O)[O-])cnc2C)cc(OC)c1OC. The molecule has 0 bridgehead atoms. The molecule has 0 aliphatic carbocycles. The summed E-state index contributed by atoms with van der Waals surface area (Å²) in [6.45, 7) is 1.68. The van der Waals surface area contributed by atoms with Crippen LogP contribution in [-0.4, -0.2) is 48.4 Å². The minimum absolute atomic E-state index is 0.0620. The molecule has 1 aromatic heterocycles. The first-order chi connectivity index (χ1) is 12.4. The molecule has 0 unspecified atom stereocenters. The molecule has 0 radical (unpaired) electrons. The van der Waals surface area contributed by atoms with Gasteiger partial charge in [0.1, 0.15) is 19.3 Å². The fourth-order valence-electron chi connectivity index (χ4n) is 2.39. The molecule has 0 spiro atoms. The lowest BCUT2D eigenvalue weighted by Gasteiger charge is -2.13. The van der Waals surface area contributed by atoms with E-state index in [-0.39, 0.29) is 24.5 Å². The summed E-state index contributed by atoms with van der Waals surface area (Å²) < 4.78 is 22.1. The third kappa shape index (κ3) is 3.85. The zero-order chi connectivity index (χ0) is 19.3. The van der Waals surface area contributed by atoms with E-state index in [9.17, 15) is 14.9 Å². The molecule has 1 heterocycles. The highest BCUT2D eigenvalue weighted by molar-refractivity contribution is 5.91. The van der Waals surface area contributed by atoms with Crippen LogP contribution in [0.2, 0.25) is 0 Å². The number of aromatic nitrogens is 2. The van der Waals surface area contributed by atoms with E-state index in [2.05, 4.69) is 4.98 Å². The summed E-state index contributed by atoms with van der Waals surface area (Å²) >= 11 is 0. The molecule has 0 saturated heterocycles. The molecule has 1 aromatic carbocycles. The van der Waals surface area contributed by atoms with Gasteiger partial charge in [0.15, 0.2) is 17.3 Å². The van der Waals surface area contributed by atoms with Crippen molar-refractivity contribution in [1.29, 1.82) is 0 Å². The Labute approximate surface area is 149 Å². The van der Waals surface area contributed by atoms with Crippen molar-refractivity contribution in [1.82, 2.24) is 9.55 Å². The molecule has 0 aliphatic rings. The summed E-state index contributed by atoms with van der Waals surface area (Å²) in [6.07, 6.45) is 1.16. The van der Waals surface area contributed by atoms with Crippen molar-refractivity contribution >= 4 is 11.8 Å². The predicted molar refractivity (Wildman–Crippen MR) is 90.0 cm³/mol. The molecule has 0 aliphatic heterocycles. The quantitative estimate of drug-likeness (QED) is 0.396. The lowest BCUT2D eigenvalue weighted by molar-refractivity contribution is -0.392. The second-order valence-corrected chi connectivity index (χ2v) is 5.12.